The van der Waals surface area contributed by atoms with Crippen LogP contribution in [0.2, 0.25) is 0 Å². The normalized spacial score (nSPS) is 10.6. The van der Waals surface area contributed by atoms with E-state index >= 15 is 0 Å². The van der Waals surface area contributed by atoms with Crippen LogP contribution in [0.1, 0.15) is 38.8 Å². The van der Waals surface area contributed by atoms with Crippen LogP contribution in [-0.4, -0.2) is 22.2 Å². The van der Waals surface area contributed by atoms with Gasteiger partial charge in [0.05, 0.1) is 11.1 Å². The van der Waals surface area contributed by atoms with Gasteiger partial charge in [0, 0.05) is 0 Å². The average molecular weight is 360 g/mol. The molecule has 136 valence electrons. The number of rotatable bonds is 5. The van der Waals surface area contributed by atoms with Crippen LogP contribution in [0.25, 0.3) is 22.3 Å². The highest BCUT2D eigenvalue weighted by atomic mass is 16.4. The van der Waals surface area contributed by atoms with Gasteiger partial charge in [0.2, 0.25) is 0 Å². The maximum absolute atomic E-state index is 11.8. The summed E-state index contributed by atoms with van der Waals surface area (Å²) in [7, 11) is 0. The molecule has 0 fully saturated rings. The number of hydrogen-bond acceptors (Lipinski definition) is 2. The number of benzene rings is 3. The van der Waals surface area contributed by atoms with Gasteiger partial charge in [-0.2, -0.15) is 0 Å². The van der Waals surface area contributed by atoms with Gasteiger partial charge in [-0.05, 0) is 58.9 Å². The molecule has 4 nitrogen and oxygen atoms in total. The van der Waals surface area contributed by atoms with Crippen molar-refractivity contribution in [1.29, 1.82) is 0 Å². The number of hydrogen-bond donors (Lipinski definition) is 2. The van der Waals surface area contributed by atoms with Crippen molar-refractivity contribution in [3.63, 3.8) is 0 Å². The van der Waals surface area contributed by atoms with E-state index < -0.39 is 11.9 Å². The highest BCUT2D eigenvalue weighted by molar-refractivity contribution is 6.03. The third kappa shape index (κ3) is 3.47. The van der Waals surface area contributed by atoms with E-state index in [9.17, 15) is 19.8 Å². The lowest BCUT2D eigenvalue weighted by Gasteiger charge is -2.18. The van der Waals surface area contributed by atoms with Crippen molar-refractivity contribution in [3.8, 4) is 22.3 Å². The molecule has 0 radical (unpaired) electrons. The van der Waals surface area contributed by atoms with Crippen LogP contribution in [0, 0.1) is 6.92 Å². The minimum absolute atomic E-state index is 0.193. The fraction of sp³-hybridized carbons (Fsp3) is 0.130. The molecule has 0 saturated carbocycles. The van der Waals surface area contributed by atoms with Gasteiger partial charge in [-0.1, -0.05) is 55.5 Å². The van der Waals surface area contributed by atoms with Crippen molar-refractivity contribution in [3.05, 3.63) is 82.9 Å². The molecule has 2 N–H and O–H groups in total. The van der Waals surface area contributed by atoms with E-state index in [1.54, 1.807) is 48.5 Å². The number of aromatic carboxylic acids is 2. The van der Waals surface area contributed by atoms with E-state index in [4.69, 9.17) is 0 Å². The SMILES string of the molecule is CCc1cc(C)c(-c2ccccc2C(=O)O)c(-c2ccccc2C(=O)O)c1. The summed E-state index contributed by atoms with van der Waals surface area (Å²) in [6.07, 6.45) is 0.796. The molecular weight excluding hydrogens is 340 g/mol. The Balaban J connectivity index is 2.42. The van der Waals surface area contributed by atoms with Crippen molar-refractivity contribution in [2.24, 2.45) is 0 Å². The van der Waals surface area contributed by atoms with Crippen LogP contribution in [-0.2, 0) is 6.42 Å². The van der Waals surface area contributed by atoms with Crippen molar-refractivity contribution in [2.75, 3.05) is 0 Å². The van der Waals surface area contributed by atoms with Gasteiger partial charge >= 0.3 is 11.9 Å². The molecule has 0 aliphatic carbocycles. The summed E-state index contributed by atoms with van der Waals surface area (Å²) in [4.78, 5) is 23.5. The van der Waals surface area contributed by atoms with Crippen LogP contribution < -0.4 is 0 Å². The Labute approximate surface area is 157 Å². The second-order valence-corrected chi connectivity index (χ2v) is 6.39. The molecule has 0 bridgehead atoms. The molecule has 0 aliphatic rings. The lowest BCUT2D eigenvalue weighted by Crippen LogP contribution is -2.04. The Morgan fingerprint density at radius 1 is 0.778 bits per heavy atom. The molecule has 0 atom stereocenters. The third-order valence-electron chi connectivity index (χ3n) is 4.68. The summed E-state index contributed by atoms with van der Waals surface area (Å²) in [6, 6.07) is 17.6. The lowest BCUT2D eigenvalue weighted by molar-refractivity contribution is 0.0686. The van der Waals surface area contributed by atoms with Crippen LogP contribution in [0.15, 0.2) is 60.7 Å². The van der Waals surface area contributed by atoms with Crippen LogP contribution in [0.4, 0.5) is 0 Å². The minimum Gasteiger partial charge on any atom is -0.478 e. The lowest BCUT2D eigenvalue weighted by atomic mass is 9.85. The van der Waals surface area contributed by atoms with E-state index in [0.29, 0.717) is 11.1 Å². The molecule has 0 heterocycles. The zero-order chi connectivity index (χ0) is 19.6. The fourth-order valence-electron chi connectivity index (χ4n) is 3.43. The van der Waals surface area contributed by atoms with E-state index in [2.05, 4.69) is 0 Å². The smallest absolute Gasteiger partial charge is 0.336 e. The molecule has 0 unspecified atom stereocenters. The molecule has 3 rings (SSSR count). The zero-order valence-corrected chi connectivity index (χ0v) is 15.2. The summed E-state index contributed by atoms with van der Waals surface area (Å²) < 4.78 is 0. The van der Waals surface area contributed by atoms with Crippen LogP contribution in [0.5, 0.6) is 0 Å². The topological polar surface area (TPSA) is 74.6 Å². The van der Waals surface area contributed by atoms with Gasteiger partial charge < -0.3 is 10.2 Å². The van der Waals surface area contributed by atoms with Crippen molar-refractivity contribution >= 4 is 11.9 Å². The Morgan fingerprint density at radius 3 is 1.85 bits per heavy atom. The zero-order valence-electron chi connectivity index (χ0n) is 15.2. The maximum atomic E-state index is 11.8. The molecule has 0 aromatic heterocycles. The molecule has 3 aromatic rings. The Bertz CT molecular complexity index is 1030. The summed E-state index contributed by atoms with van der Waals surface area (Å²) in [5.41, 5.74) is 5.02. The van der Waals surface area contributed by atoms with Gasteiger partial charge in [0.1, 0.15) is 0 Å². The van der Waals surface area contributed by atoms with Crippen molar-refractivity contribution < 1.29 is 19.8 Å². The third-order valence-corrected chi connectivity index (χ3v) is 4.68. The molecule has 27 heavy (non-hydrogen) atoms. The standard InChI is InChI=1S/C23H20O4/c1-3-15-12-14(2)21(17-9-5-7-11-19(17)23(26)27)20(13-15)16-8-4-6-10-18(16)22(24)25/h4-13H,3H2,1-2H3,(H,24,25)(H,26,27). The summed E-state index contributed by atoms with van der Waals surface area (Å²) in [6.45, 7) is 3.96. The van der Waals surface area contributed by atoms with Gasteiger partial charge in [0.25, 0.3) is 0 Å². The highest BCUT2D eigenvalue weighted by Gasteiger charge is 2.20. The second kappa shape index (κ2) is 7.46. The predicted molar refractivity (Wildman–Crippen MR) is 105 cm³/mol. The largest absolute Gasteiger partial charge is 0.478 e. The Morgan fingerprint density at radius 2 is 1.30 bits per heavy atom. The molecule has 0 aliphatic heterocycles. The fourth-order valence-corrected chi connectivity index (χ4v) is 3.43. The van der Waals surface area contributed by atoms with E-state index in [1.807, 2.05) is 26.0 Å². The molecule has 3 aromatic carbocycles. The van der Waals surface area contributed by atoms with Crippen LogP contribution in [0.3, 0.4) is 0 Å². The Hall–Kier alpha value is -3.40. The minimum atomic E-state index is -1.01. The molecule has 4 heteroatoms. The summed E-state index contributed by atoms with van der Waals surface area (Å²) >= 11 is 0. The first-order valence-electron chi connectivity index (χ1n) is 8.73. The van der Waals surface area contributed by atoms with Crippen molar-refractivity contribution in [1.82, 2.24) is 0 Å². The molecule has 0 saturated heterocycles. The first-order valence-corrected chi connectivity index (χ1v) is 8.73. The van der Waals surface area contributed by atoms with E-state index in [1.165, 1.54) is 0 Å². The first-order chi connectivity index (χ1) is 12.9. The second-order valence-electron chi connectivity index (χ2n) is 6.39. The summed E-state index contributed by atoms with van der Waals surface area (Å²) in [5.74, 6) is -2.02. The van der Waals surface area contributed by atoms with Gasteiger partial charge in [-0.3, -0.25) is 0 Å². The number of carboxylic acids is 2. The summed E-state index contributed by atoms with van der Waals surface area (Å²) in [5, 5.41) is 19.3. The van der Waals surface area contributed by atoms with Crippen molar-refractivity contribution in [2.45, 2.75) is 20.3 Å². The maximum Gasteiger partial charge on any atom is 0.336 e. The quantitative estimate of drug-likeness (QED) is 0.648. The highest BCUT2D eigenvalue weighted by Crippen LogP contribution is 2.39. The van der Waals surface area contributed by atoms with Gasteiger partial charge in [-0.15, -0.1) is 0 Å². The number of carbonyl (C=O) groups is 2. The average Bonchev–Trinajstić information content (AvgIpc) is 2.67. The van der Waals surface area contributed by atoms with Crippen LogP contribution >= 0.6 is 0 Å². The van der Waals surface area contributed by atoms with Gasteiger partial charge in [-0.25, -0.2) is 9.59 Å². The molecule has 0 spiro atoms. The first kappa shape index (κ1) is 18.4. The molecule has 0 amide bonds. The van der Waals surface area contributed by atoms with E-state index in [0.717, 1.165) is 28.7 Å². The number of carboxylic acid groups (broad SMARTS) is 2. The van der Waals surface area contributed by atoms with E-state index in [-0.39, 0.29) is 11.1 Å². The Kier molecular flexibility index (Phi) is 5.08. The molecular formula is C23H20O4. The number of aryl methyl sites for hydroxylation is 2. The van der Waals surface area contributed by atoms with Gasteiger partial charge in [0.15, 0.2) is 0 Å². The monoisotopic (exact) mass is 360 g/mol. The predicted octanol–water partition coefficient (Wildman–Crippen LogP) is 5.29.